The minimum absolute atomic E-state index is 0.341. The maximum Gasteiger partial charge on any atom is 0.305 e. The average molecular weight is 372 g/mol. The first kappa shape index (κ1) is 17.3. The van der Waals surface area contributed by atoms with Crippen LogP contribution in [0.1, 0.15) is 13.8 Å². The Labute approximate surface area is 153 Å². The highest BCUT2D eigenvalue weighted by Crippen LogP contribution is 2.54. The number of imide groups is 1. The molecule has 0 saturated carbocycles. The number of carbonyl (C=O) groups excluding carboxylic acids is 4. The number of pyridine rings is 1. The van der Waals surface area contributed by atoms with Crippen molar-refractivity contribution in [2.45, 2.75) is 31.8 Å². The molecule has 4 rings (SSSR count). The molecule has 2 bridgehead atoms. The van der Waals surface area contributed by atoms with E-state index in [9.17, 15) is 19.2 Å². The lowest BCUT2D eigenvalue weighted by molar-refractivity contribution is -0.226. The fourth-order valence-electron chi connectivity index (χ4n) is 3.96. The number of amides is 2. The van der Waals surface area contributed by atoms with E-state index < -0.39 is 53.6 Å². The zero-order valence-electron chi connectivity index (χ0n) is 14.5. The molecule has 0 radical (unpaired) electrons. The Bertz CT molecular complexity index is 852. The van der Waals surface area contributed by atoms with E-state index >= 15 is 0 Å². The SMILES string of the molecule is CC(=O)OC(OC(C)=O)[C@@]12C=C[C@@H](O1)[C@H]1C(=O)N(c3cccnc3)C(=O)[C@@H]12. The summed E-state index contributed by atoms with van der Waals surface area (Å²) in [5.74, 6) is -4.14. The van der Waals surface area contributed by atoms with Gasteiger partial charge in [0.15, 0.2) is 5.60 Å². The molecule has 2 amide bonds. The van der Waals surface area contributed by atoms with Crippen molar-refractivity contribution >= 4 is 29.4 Å². The van der Waals surface area contributed by atoms with Crippen molar-refractivity contribution in [3.8, 4) is 0 Å². The van der Waals surface area contributed by atoms with Crippen molar-refractivity contribution in [1.29, 1.82) is 0 Å². The molecule has 4 heterocycles. The molecular formula is C18H16N2O7. The standard InChI is InChI=1S/C18H16N2O7/c1-9(21)25-17(26-10(2)22)18-6-5-12(27-18)13-14(18)16(24)20(15(13)23)11-4-3-7-19-8-11/h3-8,12-14,17H,1-2H3/t12-,13-,14-,18+/m1/s1. The van der Waals surface area contributed by atoms with Gasteiger partial charge < -0.3 is 14.2 Å². The molecule has 2 saturated heterocycles. The Morgan fingerprint density at radius 2 is 1.93 bits per heavy atom. The van der Waals surface area contributed by atoms with Gasteiger partial charge in [0.25, 0.3) is 6.29 Å². The summed E-state index contributed by atoms with van der Waals surface area (Å²) in [5.41, 5.74) is -1.20. The lowest BCUT2D eigenvalue weighted by Crippen LogP contribution is -2.52. The van der Waals surface area contributed by atoms with Crippen LogP contribution in [0.5, 0.6) is 0 Å². The largest absolute Gasteiger partial charge is 0.422 e. The van der Waals surface area contributed by atoms with Gasteiger partial charge >= 0.3 is 11.9 Å². The maximum atomic E-state index is 13.2. The molecule has 3 aliphatic heterocycles. The number of hydrogen-bond acceptors (Lipinski definition) is 8. The number of anilines is 1. The second-order valence-electron chi connectivity index (χ2n) is 6.57. The third kappa shape index (κ3) is 2.46. The van der Waals surface area contributed by atoms with Gasteiger partial charge in [-0.25, -0.2) is 4.90 Å². The Morgan fingerprint density at radius 1 is 1.22 bits per heavy atom. The van der Waals surface area contributed by atoms with Gasteiger partial charge in [0.05, 0.1) is 29.8 Å². The number of carbonyl (C=O) groups is 4. The van der Waals surface area contributed by atoms with Crippen molar-refractivity contribution < 1.29 is 33.4 Å². The number of nitrogens with zero attached hydrogens (tertiary/aromatic N) is 2. The zero-order chi connectivity index (χ0) is 19.3. The van der Waals surface area contributed by atoms with Crippen molar-refractivity contribution in [2.75, 3.05) is 4.90 Å². The van der Waals surface area contributed by atoms with Gasteiger partial charge in [-0.2, -0.15) is 0 Å². The predicted octanol–water partition coefficient (Wildman–Crippen LogP) is 0.347. The average Bonchev–Trinajstić information content (AvgIpc) is 3.26. The molecule has 0 N–H and O–H groups in total. The molecule has 140 valence electrons. The number of hydrogen-bond donors (Lipinski definition) is 0. The van der Waals surface area contributed by atoms with Crippen molar-refractivity contribution in [3.63, 3.8) is 0 Å². The van der Waals surface area contributed by atoms with Crippen molar-refractivity contribution in [2.24, 2.45) is 11.8 Å². The number of esters is 2. The molecule has 9 nitrogen and oxygen atoms in total. The molecular weight excluding hydrogens is 356 g/mol. The van der Waals surface area contributed by atoms with Gasteiger partial charge in [0, 0.05) is 20.0 Å². The zero-order valence-corrected chi connectivity index (χ0v) is 14.5. The molecule has 0 spiro atoms. The van der Waals surface area contributed by atoms with Gasteiger partial charge in [-0.1, -0.05) is 6.08 Å². The third-order valence-corrected chi connectivity index (χ3v) is 4.90. The van der Waals surface area contributed by atoms with Crippen LogP contribution < -0.4 is 4.90 Å². The summed E-state index contributed by atoms with van der Waals surface area (Å²) in [6, 6.07) is 3.21. The minimum Gasteiger partial charge on any atom is -0.422 e. The first-order chi connectivity index (χ1) is 12.8. The smallest absolute Gasteiger partial charge is 0.305 e. The topological polar surface area (TPSA) is 112 Å². The van der Waals surface area contributed by atoms with Crippen molar-refractivity contribution in [3.05, 3.63) is 36.7 Å². The quantitative estimate of drug-likeness (QED) is 0.322. The number of ether oxygens (including phenoxy) is 3. The molecule has 1 aromatic rings. The maximum absolute atomic E-state index is 13.2. The summed E-state index contributed by atoms with van der Waals surface area (Å²) < 4.78 is 16.2. The van der Waals surface area contributed by atoms with E-state index in [4.69, 9.17) is 14.2 Å². The Kier molecular flexibility index (Phi) is 3.84. The van der Waals surface area contributed by atoms with E-state index in [1.165, 1.54) is 18.5 Å². The molecule has 27 heavy (non-hydrogen) atoms. The fraction of sp³-hybridized carbons (Fsp3) is 0.389. The first-order valence-electron chi connectivity index (χ1n) is 8.34. The van der Waals surface area contributed by atoms with E-state index in [0.717, 1.165) is 18.7 Å². The molecule has 3 aliphatic rings. The number of rotatable bonds is 4. The summed E-state index contributed by atoms with van der Waals surface area (Å²) in [4.78, 5) is 54.1. The Hall–Kier alpha value is -3.07. The highest BCUT2D eigenvalue weighted by atomic mass is 16.7. The van der Waals surface area contributed by atoms with Crippen LogP contribution in [0.2, 0.25) is 0 Å². The monoisotopic (exact) mass is 372 g/mol. The number of fused-ring (bicyclic) bond motifs is 5. The Balaban J connectivity index is 1.75. The summed E-state index contributed by atoms with van der Waals surface area (Å²) >= 11 is 0. The summed E-state index contributed by atoms with van der Waals surface area (Å²) in [6.45, 7) is 2.30. The number of aromatic nitrogens is 1. The van der Waals surface area contributed by atoms with Crippen LogP contribution in [0.3, 0.4) is 0 Å². The van der Waals surface area contributed by atoms with E-state index in [1.54, 1.807) is 18.2 Å². The molecule has 0 unspecified atom stereocenters. The predicted molar refractivity (Wildman–Crippen MR) is 87.8 cm³/mol. The lowest BCUT2D eigenvalue weighted by atomic mass is 9.76. The fourth-order valence-corrected chi connectivity index (χ4v) is 3.96. The third-order valence-electron chi connectivity index (χ3n) is 4.90. The van der Waals surface area contributed by atoms with Crippen LogP contribution in [0.15, 0.2) is 36.7 Å². The van der Waals surface area contributed by atoms with E-state index in [0.29, 0.717) is 5.69 Å². The van der Waals surface area contributed by atoms with Crippen LogP contribution in [-0.2, 0) is 33.4 Å². The Morgan fingerprint density at radius 3 is 2.52 bits per heavy atom. The van der Waals surface area contributed by atoms with Gasteiger partial charge in [-0.3, -0.25) is 24.2 Å². The van der Waals surface area contributed by atoms with E-state index in [1.807, 2.05) is 0 Å². The highest BCUT2D eigenvalue weighted by Gasteiger charge is 2.72. The van der Waals surface area contributed by atoms with Gasteiger partial charge in [0.1, 0.15) is 0 Å². The normalized spacial score (nSPS) is 30.8. The second kappa shape index (κ2) is 5.98. The highest BCUT2D eigenvalue weighted by molar-refractivity contribution is 6.23. The van der Waals surface area contributed by atoms with Gasteiger partial charge in [-0.15, -0.1) is 0 Å². The summed E-state index contributed by atoms with van der Waals surface area (Å²) in [6.07, 6.45) is 3.95. The van der Waals surface area contributed by atoms with Crippen LogP contribution in [-0.4, -0.2) is 46.7 Å². The van der Waals surface area contributed by atoms with Crippen LogP contribution >= 0.6 is 0 Å². The van der Waals surface area contributed by atoms with E-state index in [2.05, 4.69) is 4.98 Å². The van der Waals surface area contributed by atoms with Gasteiger partial charge in [-0.05, 0) is 18.2 Å². The van der Waals surface area contributed by atoms with Gasteiger partial charge in [0.2, 0.25) is 11.8 Å². The molecule has 9 heteroatoms. The minimum atomic E-state index is -1.55. The molecule has 4 atom stereocenters. The molecule has 0 aromatic carbocycles. The van der Waals surface area contributed by atoms with E-state index in [-0.39, 0.29) is 0 Å². The lowest BCUT2D eigenvalue weighted by Gasteiger charge is -2.34. The van der Waals surface area contributed by atoms with Crippen LogP contribution in [0.4, 0.5) is 5.69 Å². The summed E-state index contributed by atoms with van der Waals surface area (Å²) in [5, 5.41) is 0. The second-order valence-corrected chi connectivity index (χ2v) is 6.57. The molecule has 1 aromatic heterocycles. The van der Waals surface area contributed by atoms with Crippen molar-refractivity contribution in [1.82, 2.24) is 4.98 Å². The van der Waals surface area contributed by atoms with Crippen LogP contribution in [0, 0.1) is 11.8 Å². The first-order valence-corrected chi connectivity index (χ1v) is 8.34. The molecule has 2 fully saturated rings. The van der Waals surface area contributed by atoms with Crippen LogP contribution in [0.25, 0.3) is 0 Å². The summed E-state index contributed by atoms with van der Waals surface area (Å²) in [7, 11) is 0. The molecule has 0 aliphatic carbocycles.